The van der Waals surface area contributed by atoms with Gasteiger partial charge in [-0.1, -0.05) is 29.8 Å². The van der Waals surface area contributed by atoms with Gasteiger partial charge in [0.25, 0.3) is 0 Å². The summed E-state index contributed by atoms with van der Waals surface area (Å²) in [5.74, 6) is 0. The Bertz CT molecular complexity index is 772. The maximum Gasteiger partial charge on any atom is 0.134 e. The number of benzene rings is 1. The number of halogens is 2. The zero-order valence-electron chi connectivity index (χ0n) is 11.5. The highest BCUT2D eigenvalue weighted by atomic mass is 79.9. The standard InChI is InChI=1S/C16H14BrClN2S/c1-20(9-14-7-13(17)10-21-14)8-12-6-11-4-2-3-5-15(11)19-16(12)18/h2-7,10H,8-9H2,1H3. The lowest BCUT2D eigenvalue weighted by Crippen LogP contribution is -2.17. The van der Waals surface area contributed by atoms with E-state index in [1.54, 1.807) is 11.3 Å². The number of hydrogen-bond donors (Lipinski definition) is 0. The molecule has 3 aromatic rings. The molecular formula is C16H14BrClN2S. The van der Waals surface area contributed by atoms with Crippen LogP contribution in [0.4, 0.5) is 0 Å². The molecule has 1 aromatic carbocycles. The second-order valence-corrected chi connectivity index (χ2v) is 7.30. The number of fused-ring (bicyclic) bond motifs is 1. The molecule has 0 aliphatic carbocycles. The molecule has 21 heavy (non-hydrogen) atoms. The minimum absolute atomic E-state index is 0.591. The van der Waals surface area contributed by atoms with Crippen molar-refractivity contribution in [1.29, 1.82) is 0 Å². The molecule has 5 heteroatoms. The van der Waals surface area contributed by atoms with Crippen LogP contribution in [0.1, 0.15) is 10.4 Å². The summed E-state index contributed by atoms with van der Waals surface area (Å²) < 4.78 is 1.14. The third-order valence-electron chi connectivity index (χ3n) is 3.24. The van der Waals surface area contributed by atoms with Crippen molar-refractivity contribution in [3.8, 4) is 0 Å². The predicted molar refractivity (Wildman–Crippen MR) is 93.9 cm³/mol. The molecule has 2 heterocycles. The van der Waals surface area contributed by atoms with Crippen LogP contribution >= 0.6 is 38.9 Å². The Morgan fingerprint density at radius 1 is 1.24 bits per heavy atom. The molecule has 0 saturated heterocycles. The van der Waals surface area contributed by atoms with Crippen molar-refractivity contribution in [2.24, 2.45) is 0 Å². The average molecular weight is 382 g/mol. The maximum atomic E-state index is 6.31. The van der Waals surface area contributed by atoms with Crippen LogP contribution in [0, 0.1) is 0 Å². The molecule has 0 spiro atoms. The van der Waals surface area contributed by atoms with Gasteiger partial charge in [0, 0.05) is 38.8 Å². The number of hydrogen-bond acceptors (Lipinski definition) is 3. The molecule has 0 saturated carbocycles. The lowest BCUT2D eigenvalue weighted by atomic mass is 10.1. The summed E-state index contributed by atoms with van der Waals surface area (Å²) in [5.41, 5.74) is 2.00. The summed E-state index contributed by atoms with van der Waals surface area (Å²) in [6.07, 6.45) is 0. The van der Waals surface area contributed by atoms with Crippen molar-refractivity contribution >= 4 is 49.8 Å². The Morgan fingerprint density at radius 2 is 2.05 bits per heavy atom. The van der Waals surface area contributed by atoms with Crippen molar-refractivity contribution in [2.75, 3.05) is 7.05 Å². The van der Waals surface area contributed by atoms with Gasteiger partial charge in [-0.3, -0.25) is 4.90 Å². The van der Waals surface area contributed by atoms with Gasteiger partial charge in [0.2, 0.25) is 0 Å². The van der Waals surface area contributed by atoms with Crippen LogP contribution in [0.15, 0.2) is 46.3 Å². The molecule has 0 amide bonds. The van der Waals surface area contributed by atoms with Gasteiger partial charge in [-0.2, -0.15) is 0 Å². The molecular weight excluding hydrogens is 368 g/mol. The molecule has 0 bridgehead atoms. The van der Waals surface area contributed by atoms with Gasteiger partial charge in [-0.05, 0) is 41.2 Å². The largest absolute Gasteiger partial charge is 0.297 e. The molecule has 0 aliphatic rings. The molecule has 2 aromatic heterocycles. The van der Waals surface area contributed by atoms with Gasteiger partial charge in [0.05, 0.1) is 5.52 Å². The van der Waals surface area contributed by atoms with E-state index in [-0.39, 0.29) is 0 Å². The van der Waals surface area contributed by atoms with Gasteiger partial charge in [0.1, 0.15) is 5.15 Å². The van der Waals surface area contributed by atoms with Gasteiger partial charge in [0.15, 0.2) is 0 Å². The summed E-state index contributed by atoms with van der Waals surface area (Å²) in [5, 5.41) is 3.82. The first-order valence-electron chi connectivity index (χ1n) is 6.57. The van der Waals surface area contributed by atoms with Gasteiger partial charge < -0.3 is 0 Å². The number of para-hydroxylation sites is 1. The Hall–Kier alpha value is -0.940. The van der Waals surface area contributed by atoms with Gasteiger partial charge in [-0.15, -0.1) is 11.3 Å². The SMILES string of the molecule is CN(Cc1cc(Br)cs1)Cc1cc2ccccc2nc1Cl. The fourth-order valence-electron chi connectivity index (χ4n) is 2.30. The molecule has 0 atom stereocenters. The van der Waals surface area contributed by atoms with Crippen molar-refractivity contribution in [3.63, 3.8) is 0 Å². The Morgan fingerprint density at radius 3 is 2.81 bits per heavy atom. The number of rotatable bonds is 4. The zero-order valence-corrected chi connectivity index (χ0v) is 14.7. The summed E-state index contributed by atoms with van der Waals surface area (Å²) in [6, 6.07) is 12.3. The average Bonchev–Trinajstić information content (AvgIpc) is 2.85. The quantitative estimate of drug-likeness (QED) is 0.567. The molecule has 2 nitrogen and oxygen atoms in total. The minimum atomic E-state index is 0.591. The van der Waals surface area contributed by atoms with Crippen molar-refractivity contribution < 1.29 is 0 Å². The number of aromatic nitrogens is 1. The van der Waals surface area contributed by atoms with Crippen molar-refractivity contribution in [1.82, 2.24) is 9.88 Å². The monoisotopic (exact) mass is 380 g/mol. The lowest BCUT2D eigenvalue weighted by molar-refractivity contribution is 0.322. The number of pyridine rings is 1. The summed E-state index contributed by atoms with van der Waals surface area (Å²) >= 11 is 11.6. The molecule has 0 N–H and O–H groups in total. The molecule has 0 radical (unpaired) electrons. The van der Waals surface area contributed by atoms with Crippen LogP contribution in [0.25, 0.3) is 10.9 Å². The van der Waals surface area contributed by atoms with E-state index in [1.165, 1.54) is 4.88 Å². The fraction of sp³-hybridized carbons (Fsp3) is 0.188. The fourth-order valence-corrected chi connectivity index (χ4v) is 4.03. The topological polar surface area (TPSA) is 16.1 Å². The highest BCUT2D eigenvalue weighted by Gasteiger charge is 2.09. The van der Waals surface area contributed by atoms with E-state index in [0.717, 1.165) is 34.0 Å². The molecule has 108 valence electrons. The summed E-state index contributed by atoms with van der Waals surface area (Å²) in [6.45, 7) is 1.69. The highest BCUT2D eigenvalue weighted by molar-refractivity contribution is 9.10. The Balaban J connectivity index is 1.79. The Kier molecular flexibility index (Phi) is 4.60. The smallest absolute Gasteiger partial charge is 0.134 e. The predicted octanol–water partition coefficient (Wildman–Crippen LogP) is 5.34. The maximum absolute atomic E-state index is 6.31. The lowest BCUT2D eigenvalue weighted by Gasteiger charge is -2.16. The van der Waals surface area contributed by atoms with Crippen molar-refractivity contribution in [2.45, 2.75) is 13.1 Å². The molecule has 3 rings (SSSR count). The molecule has 0 fully saturated rings. The first-order valence-corrected chi connectivity index (χ1v) is 8.62. The van der Waals surface area contributed by atoms with Crippen molar-refractivity contribution in [3.05, 3.63) is 61.8 Å². The van der Waals surface area contributed by atoms with Crippen LogP contribution in [-0.2, 0) is 13.1 Å². The van der Waals surface area contributed by atoms with E-state index in [9.17, 15) is 0 Å². The summed E-state index contributed by atoms with van der Waals surface area (Å²) in [4.78, 5) is 8.05. The van der Waals surface area contributed by atoms with E-state index in [0.29, 0.717) is 5.15 Å². The molecule has 0 unspecified atom stereocenters. The third kappa shape index (κ3) is 3.64. The first kappa shape index (κ1) is 15.0. The van der Waals surface area contributed by atoms with E-state index in [4.69, 9.17) is 11.6 Å². The minimum Gasteiger partial charge on any atom is -0.297 e. The second-order valence-electron chi connectivity index (χ2n) is 5.03. The van der Waals surface area contributed by atoms with Crippen LogP contribution < -0.4 is 0 Å². The van der Waals surface area contributed by atoms with E-state index >= 15 is 0 Å². The van der Waals surface area contributed by atoms with E-state index in [2.05, 4.69) is 56.4 Å². The third-order valence-corrected chi connectivity index (χ3v) is 5.25. The van der Waals surface area contributed by atoms with E-state index in [1.807, 2.05) is 18.2 Å². The second kappa shape index (κ2) is 6.44. The van der Waals surface area contributed by atoms with Crippen LogP contribution in [0.5, 0.6) is 0 Å². The van der Waals surface area contributed by atoms with Crippen LogP contribution in [0.3, 0.4) is 0 Å². The zero-order chi connectivity index (χ0) is 14.8. The molecule has 0 aliphatic heterocycles. The highest BCUT2D eigenvalue weighted by Crippen LogP contribution is 2.24. The van der Waals surface area contributed by atoms with Crippen LogP contribution in [-0.4, -0.2) is 16.9 Å². The first-order chi connectivity index (χ1) is 10.1. The van der Waals surface area contributed by atoms with E-state index < -0.39 is 0 Å². The van der Waals surface area contributed by atoms with Crippen LogP contribution in [0.2, 0.25) is 5.15 Å². The number of nitrogens with zero attached hydrogens (tertiary/aromatic N) is 2. The summed E-state index contributed by atoms with van der Waals surface area (Å²) in [7, 11) is 2.10. The van der Waals surface area contributed by atoms with Gasteiger partial charge >= 0.3 is 0 Å². The normalized spacial score (nSPS) is 11.4. The van der Waals surface area contributed by atoms with Gasteiger partial charge in [-0.25, -0.2) is 4.98 Å². The number of thiophene rings is 1. The Labute approximate surface area is 141 Å².